The van der Waals surface area contributed by atoms with Crippen LogP contribution in [0.1, 0.15) is 43.1 Å². The Labute approximate surface area is 107 Å². The summed E-state index contributed by atoms with van der Waals surface area (Å²) in [4.78, 5) is 18.2. The summed E-state index contributed by atoms with van der Waals surface area (Å²) in [5.41, 5.74) is 0. The molecule has 2 heterocycles. The molecule has 0 aromatic carbocycles. The Bertz CT molecular complexity index is 405. The van der Waals surface area contributed by atoms with E-state index in [-0.39, 0.29) is 17.8 Å². The van der Waals surface area contributed by atoms with Gasteiger partial charge in [0, 0.05) is 19.5 Å². The Morgan fingerprint density at radius 2 is 2.39 bits per heavy atom. The van der Waals surface area contributed by atoms with Crippen LogP contribution in [-0.2, 0) is 11.2 Å². The summed E-state index contributed by atoms with van der Waals surface area (Å²) in [5, 5.41) is 6.80. The fourth-order valence-corrected chi connectivity index (χ4v) is 2.03. The van der Waals surface area contributed by atoms with Crippen molar-refractivity contribution in [3.63, 3.8) is 0 Å². The number of morpholine rings is 1. The minimum absolute atomic E-state index is 0.102. The molecule has 6 nitrogen and oxygen atoms in total. The highest BCUT2D eigenvalue weighted by Crippen LogP contribution is 2.10. The van der Waals surface area contributed by atoms with Crippen molar-refractivity contribution in [1.29, 1.82) is 0 Å². The normalized spacial score (nSPS) is 20.1. The second-order valence-corrected chi connectivity index (χ2v) is 4.51. The summed E-state index contributed by atoms with van der Waals surface area (Å²) in [6.07, 6.45) is 2.86. The molecule has 1 N–H and O–H groups in total. The molecule has 1 aromatic heterocycles. The zero-order valence-electron chi connectivity index (χ0n) is 11.0. The molecule has 1 aromatic rings. The number of H-pyrrole nitrogens is 1. The van der Waals surface area contributed by atoms with Crippen LogP contribution in [-0.4, -0.2) is 51.8 Å². The molecular weight excluding hydrogens is 232 g/mol. The van der Waals surface area contributed by atoms with Crippen LogP contribution < -0.4 is 0 Å². The molecule has 100 valence electrons. The van der Waals surface area contributed by atoms with Gasteiger partial charge < -0.3 is 9.64 Å². The van der Waals surface area contributed by atoms with E-state index in [0.717, 1.165) is 25.1 Å². The van der Waals surface area contributed by atoms with Crippen LogP contribution in [0.2, 0.25) is 0 Å². The first kappa shape index (κ1) is 13.0. The van der Waals surface area contributed by atoms with Gasteiger partial charge in [-0.25, -0.2) is 4.98 Å². The van der Waals surface area contributed by atoms with Crippen LogP contribution in [0.3, 0.4) is 0 Å². The Morgan fingerprint density at radius 1 is 1.56 bits per heavy atom. The van der Waals surface area contributed by atoms with Crippen LogP contribution in [0.15, 0.2) is 0 Å². The largest absolute Gasteiger partial charge is 0.375 e. The van der Waals surface area contributed by atoms with Crippen molar-refractivity contribution in [2.75, 3.05) is 19.7 Å². The van der Waals surface area contributed by atoms with Crippen molar-refractivity contribution in [2.24, 2.45) is 0 Å². The van der Waals surface area contributed by atoms with Crippen LogP contribution in [0.4, 0.5) is 0 Å². The van der Waals surface area contributed by atoms with Gasteiger partial charge in [-0.15, -0.1) is 5.10 Å². The number of hydrogen-bond acceptors (Lipinski definition) is 4. The zero-order chi connectivity index (χ0) is 13.0. The van der Waals surface area contributed by atoms with E-state index < -0.39 is 0 Å². The van der Waals surface area contributed by atoms with Gasteiger partial charge >= 0.3 is 0 Å². The lowest BCUT2D eigenvalue weighted by atomic mass is 10.2. The fraction of sp³-hybridized carbons (Fsp3) is 0.750. The van der Waals surface area contributed by atoms with E-state index >= 15 is 0 Å². The molecule has 1 unspecified atom stereocenters. The lowest BCUT2D eigenvalue weighted by molar-refractivity contribution is -0.0230. The number of nitrogens with zero attached hydrogens (tertiary/aromatic N) is 3. The average molecular weight is 252 g/mol. The van der Waals surface area contributed by atoms with Gasteiger partial charge in [-0.3, -0.25) is 9.89 Å². The molecule has 0 saturated carbocycles. The van der Waals surface area contributed by atoms with E-state index in [1.807, 2.05) is 0 Å². The van der Waals surface area contributed by atoms with Crippen molar-refractivity contribution < 1.29 is 9.53 Å². The molecule has 1 fully saturated rings. The van der Waals surface area contributed by atoms with E-state index in [4.69, 9.17) is 4.74 Å². The smallest absolute Gasteiger partial charge is 0.293 e. The minimum Gasteiger partial charge on any atom is -0.375 e. The quantitative estimate of drug-likeness (QED) is 0.868. The molecule has 1 amide bonds. The third-order valence-corrected chi connectivity index (χ3v) is 3.09. The maximum absolute atomic E-state index is 12.2. The number of aryl methyl sites for hydroxylation is 1. The monoisotopic (exact) mass is 252 g/mol. The Hall–Kier alpha value is -1.43. The van der Waals surface area contributed by atoms with Crippen molar-refractivity contribution in [3.8, 4) is 0 Å². The number of carbonyl (C=O) groups is 1. The van der Waals surface area contributed by atoms with Gasteiger partial charge in [-0.1, -0.05) is 13.8 Å². The molecule has 0 radical (unpaired) electrons. The highest BCUT2D eigenvalue weighted by atomic mass is 16.5. The van der Waals surface area contributed by atoms with E-state index in [9.17, 15) is 4.79 Å². The molecule has 18 heavy (non-hydrogen) atoms. The van der Waals surface area contributed by atoms with Gasteiger partial charge in [-0.2, -0.15) is 0 Å². The maximum atomic E-state index is 12.2. The summed E-state index contributed by atoms with van der Waals surface area (Å²) in [7, 11) is 0. The molecule has 6 heteroatoms. The lowest BCUT2D eigenvalue weighted by Crippen LogP contribution is -2.45. The number of hydrogen-bond donors (Lipinski definition) is 1. The molecule has 1 aliphatic heterocycles. The first-order valence-corrected chi connectivity index (χ1v) is 6.56. The van der Waals surface area contributed by atoms with Crippen molar-refractivity contribution in [2.45, 2.75) is 39.2 Å². The van der Waals surface area contributed by atoms with Gasteiger partial charge in [0.2, 0.25) is 5.82 Å². The number of amides is 1. The number of ether oxygens (including phenoxy) is 1. The van der Waals surface area contributed by atoms with Gasteiger partial charge in [0.25, 0.3) is 5.91 Å². The fourth-order valence-electron chi connectivity index (χ4n) is 2.03. The highest BCUT2D eigenvalue weighted by Gasteiger charge is 2.26. The van der Waals surface area contributed by atoms with Gasteiger partial charge in [0.05, 0.1) is 12.7 Å². The number of aromatic nitrogens is 3. The third-order valence-electron chi connectivity index (χ3n) is 3.09. The lowest BCUT2D eigenvalue weighted by Gasteiger charge is -2.31. The Balaban J connectivity index is 2.00. The molecule has 1 aliphatic rings. The Kier molecular flexibility index (Phi) is 4.30. The first-order chi connectivity index (χ1) is 8.74. The SMILES string of the molecule is CCCc1nc(C(=O)N2CCOC(CC)C2)n[nH]1. The molecule has 2 rings (SSSR count). The van der Waals surface area contributed by atoms with E-state index in [0.29, 0.717) is 19.7 Å². The van der Waals surface area contributed by atoms with Gasteiger partial charge in [0.1, 0.15) is 5.82 Å². The molecule has 0 bridgehead atoms. The number of rotatable bonds is 4. The first-order valence-electron chi connectivity index (χ1n) is 6.56. The number of aromatic amines is 1. The average Bonchev–Trinajstić information content (AvgIpc) is 2.87. The zero-order valence-corrected chi connectivity index (χ0v) is 11.0. The molecular formula is C12H20N4O2. The van der Waals surface area contributed by atoms with E-state index in [1.165, 1.54) is 0 Å². The minimum atomic E-state index is -0.102. The molecule has 0 spiro atoms. The van der Waals surface area contributed by atoms with Gasteiger partial charge in [0.15, 0.2) is 0 Å². The van der Waals surface area contributed by atoms with Crippen molar-refractivity contribution in [1.82, 2.24) is 20.1 Å². The highest BCUT2D eigenvalue weighted by molar-refractivity contribution is 5.90. The van der Waals surface area contributed by atoms with Crippen LogP contribution >= 0.6 is 0 Å². The summed E-state index contributed by atoms with van der Waals surface area (Å²) in [6.45, 7) is 5.97. The summed E-state index contributed by atoms with van der Waals surface area (Å²) in [5.74, 6) is 0.951. The predicted molar refractivity (Wildman–Crippen MR) is 66.3 cm³/mol. The number of nitrogens with one attached hydrogen (secondary N) is 1. The van der Waals surface area contributed by atoms with E-state index in [1.54, 1.807) is 4.90 Å². The van der Waals surface area contributed by atoms with Crippen molar-refractivity contribution >= 4 is 5.91 Å². The van der Waals surface area contributed by atoms with Crippen LogP contribution in [0.5, 0.6) is 0 Å². The molecule has 1 saturated heterocycles. The summed E-state index contributed by atoms with van der Waals surface area (Å²) < 4.78 is 5.54. The van der Waals surface area contributed by atoms with Gasteiger partial charge in [-0.05, 0) is 12.8 Å². The van der Waals surface area contributed by atoms with E-state index in [2.05, 4.69) is 29.0 Å². The molecule has 0 aliphatic carbocycles. The van der Waals surface area contributed by atoms with Crippen molar-refractivity contribution in [3.05, 3.63) is 11.6 Å². The standard InChI is InChI=1S/C12H20N4O2/c1-3-5-10-13-11(15-14-10)12(17)16-6-7-18-9(4-2)8-16/h9H,3-8H2,1-2H3,(H,13,14,15). The topological polar surface area (TPSA) is 71.1 Å². The Morgan fingerprint density at radius 3 is 3.11 bits per heavy atom. The molecule has 1 atom stereocenters. The predicted octanol–water partition coefficient (Wildman–Crippen LogP) is 1.01. The second-order valence-electron chi connectivity index (χ2n) is 4.51. The maximum Gasteiger partial charge on any atom is 0.293 e. The third kappa shape index (κ3) is 2.87. The summed E-state index contributed by atoms with van der Waals surface area (Å²) in [6, 6.07) is 0. The number of carbonyl (C=O) groups excluding carboxylic acids is 1. The summed E-state index contributed by atoms with van der Waals surface area (Å²) >= 11 is 0. The van der Waals surface area contributed by atoms with Crippen LogP contribution in [0, 0.1) is 0 Å². The second kappa shape index (κ2) is 5.95. The van der Waals surface area contributed by atoms with Crippen LogP contribution in [0.25, 0.3) is 0 Å².